The van der Waals surface area contributed by atoms with Crippen LogP contribution < -0.4 is 15.0 Å². The first-order chi connectivity index (χ1) is 16.5. The highest BCUT2D eigenvalue weighted by atomic mass is 16.5. The van der Waals surface area contributed by atoms with Gasteiger partial charge in [-0.3, -0.25) is 0 Å². The maximum absolute atomic E-state index is 5.59. The quantitative estimate of drug-likeness (QED) is 0.444. The lowest BCUT2D eigenvalue weighted by molar-refractivity contribution is 0.226. The smallest absolute Gasteiger partial charge is 0.178 e. The number of allylic oxidation sites excluding steroid dienone is 1. The van der Waals surface area contributed by atoms with Crippen molar-refractivity contribution in [3.05, 3.63) is 48.3 Å². The number of piperidine rings is 1. The van der Waals surface area contributed by atoms with E-state index in [0.29, 0.717) is 5.92 Å². The van der Waals surface area contributed by atoms with Crippen LogP contribution in [0.4, 0.5) is 17.2 Å². The third-order valence-corrected chi connectivity index (χ3v) is 6.09. The van der Waals surface area contributed by atoms with Gasteiger partial charge in [-0.25, -0.2) is 14.5 Å². The summed E-state index contributed by atoms with van der Waals surface area (Å²) >= 11 is 0. The molecule has 0 spiro atoms. The Bertz CT molecular complexity index is 1090. The van der Waals surface area contributed by atoms with Gasteiger partial charge in [-0.1, -0.05) is 26.7 Å². The maximum atomic E-state index is 5.59. The summed E-state index contributed by atoms with van der Waals surface area (Å²) in [7, 11) is 3.40. The number of aromatic nitrogens is 4. The van der Waals surface area contributed by atoms with E-state index in [1.807, 2.05) is 36.7 Å². The first kappa shape index (κ1) is 25.3. The van der Waals surface area contributed by atoms with Gasteiger partial charge in [-0.2, -0.15) is 5.10 Å². The lowest BCUT2D eigenvalue weighted by atomic mass is 9.95. The van der Waals surface area contributed by atoms with E-state index in [2.05, 4.69) is 51.3 Å². The summed E-state index contributed by atoms with van der Waals surface area (Å²) < 4.78 is 12.7. The van der Waals surface area contributed by atoms with Crippen molar-refractivity contribution in [2.75, 3.05) is 37.5 Å². The number of unbranched alkanes of at least 4 members (excludes halogenated alkanes) is 1. The van der Waals surface area contributed by atoms with Crippen molar-refractivity contribution in [2.24, 2.45) is 5.92 Å². The van der Waals surface area contributed by atoms with E-state index >= 15 is 0 Å². The first-order valence-corrected chi connectivity index (χ1v) is 12.1. The van der Waals surface area contributed by atoms with Crippen molar-refractivity contribution >= 4 is 22.8 Å². The van der Waals surface area contributed by atoms with Crippen molar-refractivity contribution < 1.29 is 9.47 Å². The molecule has 8 heteroatoms. The molecule has 34 heavy (non-hydrogen) atoms. The summed E-state index contributed by atoms with van der Waals surface area (Å²) in [5, 5.41) is 7.78. The van der Waals surface area contributed by atoms with Crippen LogP contribution in [0.15, 0.2) is 42.6 Å². The van der Waals surface area contributed by atoms with Gasteiger partial charge < -0.3 is 19.7 Å². The van der Waals surface area contributed by atoms with E-state index in [-0.39, 0.29) is 0 Å². The van der Waals surface area contributed by atoms with Crippen LogP contribution in [0.1, 0.15) is 52.1 Å². The molecule has 1 atom stereocenters. The van der Waals surface area contributed by atoms with Gasteiger partial charge >= 0.3 is 0 Å². The number of pyridine rings is 2. The van der Waals surface area contributed by atoms with Crippen molar-refractivity contribution in [2.45, 2.75) is 53.4 Å². The molecular formula is C26H38N6O2. The number of hydrogen-bond donors (Lipinski definition) is 1. The lowest BCUT2D eigenvalue weighted by Gasteiger charge is -2.35. The molecule has 0 aromatic carbocycles. The molecule has 8 nitrogen and oxygen atoms in total. The molecule has 3 aromatic heterocycles. The van der Waals surface area contributed by atoms with Gasteiger partial charge in [0.25, 0.3) is 0 Å². The lowest BCUT2D eigenvalue weighted by Crippen LogP contribution is -2.36. The fourth-order valence-corrected chi connectivity index (χ4v) is 4.11. The van der Waals surface area contributed by atoms with Crippen LogP contribution >= 0.6 is 0 Å². The van der Waals surface area contributed by atoms with Crippen LogP contribution in [-0.2, 0) is 4.74 Å². The number of anilines is 3. The maximum Gasteiger partial charge on any atom is 0.178 e. The molecule has 0 saturated carbocycles. The van der Waals surface area contributed by atoms with Crippen LogP contribution in [0, 0.1) is 12.8 Å². The van der Waals surface area contributed by atoms with Crippen molar-refractivity contribution in [3.8, 4) is 5.75 Å². The van der Waals surface area contributed by atoms with Crippen molar-refractivity contribution in [3.63, 3.8) is 0 Å². The van der Waals surface area contributed by atoms with E-state index in [0.717, 1.165) is 66.0 Å². The molecule has 1 aliphatic rings. The summed E-state index contributed by atoms with van der Waals surface area (Å²) in [4.78, 5) is 11.4. The van der Waals surface area contributed by atoms with E-state index < -0.39 is 0 Å². The molecule has 0 aliphatic carbocycles. The Hall–Kier alpha value is -3.29. The Morgan fingerprint density at radius 1 is 1.24 bits per heavy atom. The monoisotopic (exact) mass is 466 g/mol. The largest absolute Gasteiger partial charge is 0.501 e. The third-order valence-electron chi connectivity index (χ3n) is 6.09. The predicted octanol–water partition coefficient (Wildman–Crippen LogP) is 5.76. The van der Waals surface area contributed by atoms with Gasteiger partial charge in [-0.05, 0) is 51.0 Å². The van der Waals surface area contributed by atoms with Gasteiger partial charge in [0.2, 0.25) is 0 Å². The van der Waals surface area contributed by atoms with Gasteiger partial charge in [0, 0.05) is 19.0 Å². The fourth-order valence-electron chi connectivity index (χ4n) is 4.11. The number of nitrogens with one attached hydrogen (secondary N) is 1. The van der Waals surface area contributed by atoms with Gasteiger partial charge in [0.1, 0.15) is 17.9 Å². The standard InChI is InChI=1S/C22H28N6O2.C4H10/c1-5-19(29-3)16-7-6-10-27(12-16)17-11-18(22-23-14-24-28(22)13-17)26-21-9-8-20(30-4)15(2)25-21;1-3-4-2/h5,8-9,11,13-14,16H,6-7,10,12H2,1-4H3,(H,25,26);3-4H2,1-2H3. The summed E-state index contributed by atoms with van der Waals surface area (Å²) in [6.07, 6.45) is 10.6. The molecule has 1 fully saturated rings. The molecular weight excluding hydrogens is 428 g/mol. The molecule has 0 bridgehead atoms. The highest BCUT2D eigenvalue weighted by Gasteiger charge is 2.24. The number of ether oxygens (including phenoxy) is 2. The summed E-state index contributed by atoms with van der Waals surface area (Å²) in [6.45, 7) is 10.2. The number of nitrogens with zero attached hydrogens (tertiary/aromatic N) is 5. The second-order valence-corrected chi connectivity index (χ2v) is 8.43. The molecule has 0 amide bonds. The highest BCUT2D eigenvalue weighted by Crippen LogP contribution is 2.31. The van der Waals surface area contributed by atoms with Crippen molar-refractivity contribution in [1.29, 1.82) is 0 Å². The van der Waals surface area contributed by atoms with Crippen LogP contribution in [-0.4, -0.2) is 46.9 Å². The molecule has 184 valence electrons. The summed E-state index contributed by atoms with van der Waals surface area (Å²) in [5.41, 5.74) is 3.54. The SMILES string of the molecule is CC=C(OC)C1CCCN(c2cc(Nc3ccc(OC)c(C)n3)c3ncnn3c2)C1.CCCC. The van der Waals surface area contributed by atoms with Crippen LogP contribution in [0.3, 0.4) is 0 Å². The Morgan fingerprint density at radius 3 is 2.68 bits per heavy atom. The minimum absolute atomic E-state index is 0.391. The van der Waals surface area contributed by atoms with Crippen LogP contribution in [0.5, 0.6) is 5.75 Å². The van der Waals surface area contributed by atoms with E-state index in [1.165, 1.54) is 12.8 Å². The Labute approximate surface area is 203 Å². The Morgan fingerprint density at radius 2 is 2.03 bits per heavy atom. The average molecular weight is 467 g/mol. The zero-order chi connectivity index (χ0) is 24.5. The zero-order valence-electron chi connectivity index (χ0n) is 21.3. The molecule has 3 aromatic rings. The number of rotatable bonds is 7. The average Bonchev–Trinajstić information content (AvgIpc) is 3.34. The number of hydrogen-bond acceptors (Lipinski definition) is 7. The van der Waals surface area contributed by atoms with Crippen LogP contribution in [0.25, 0.3) is 5.65 Å². The first-order valence-electron chi connectivity index (χ1n) is 12.1. The molecule has 1 saturated heterocycles. The minimum Gasteiger partial charge on any atom is -0.501 e. The molecule has 4 heterocycles. The zero-order valence-corrected chi connectivity index (χ0v) is 21.3. The summed E-state index contributed by atoms with van der Waals surface area (Å²) in [5.74, 6) is 2.95. The Balaban J connectivity index is 0.000000751. The second kappa shape index (κ2) is 12.3. The highest BCUT2D eigenvalue weighted by molar-refractivity contribution is 5.76. The molecule has 1 unspecified atom stereocenters. The number of aryl methyl sites for hydroxylation is 1. The van der Waals surface area contributed by atoms with Gasteiger partial charge in [0.15, 0.2) is 5.65 Å². The normalized spacial score (nSPS) is 16.1. The minimum atomic E-state index is 0.391. The predicted molar refractivity (Wildman–Crippen MR) is 138 cm³/mol. The Kier molecular flexibility index (Phi) is 9.13. The molecule has 1 N–H and O–H groups in total. The van der Waals surface area contributed by atoms with E-state index in [9.17, 15) is 0 Å². The van der Waals surface area contributed by atoms with Gasteiger partial charge in [0.05, 0.1) is 43.2 Å². The third kappa shape index (κ3) is 5.98. The molecule has 0 radical (unpaired) electrons. The second-order valence-electron chi connectivity index (χ2n) is 8.43. The van der Waals surface area contributed by atoms with Crippen LogP contribution in [0.2, 0.25) is 0 Å². The van der Waals surface area contributed by atoms with E-state index in [4.69, 9.17) is 9.47 Å². The van der Waals surface area contributed by atoms with E-state index in [1.54, 1.807) is 20.5 Å². The fraction of sp³-hybridized carbons (Fsp3) is 0.500. The molecule has 1 aliphatic heterocycles. The number of fused-ring (bicyclic) bond motifs is 1. The van der Waals surface area contributed by atoms with Gasteiger partial charge in [-0.15, -0.1) is 0 Å². The topological polar surface area (TPSA) is 76.8 Å². The molecule has 4 rings (SSSR count). The summed E-state index contributed by atoms with van der Waals surface area (Å²) in [6, 6.07) is 5.93. The number of methoxy groups -OCH3 is 2. The van der Waals surface area contributed by atoms with Crippen molar-refractivity contribution in [1.82, 2.24) is 19.6 Å².